The molecule has 0 atom stereocenters. The van der Waals surface area contributed by atoms with E-state index in [1.54, 1.807) is 10.8 Å². The van der Waals surface area contributed by atoms with Gasteiger partial charge in [0.05, 0.1) is 5.69 Å². The summed E-state index contributed by atoms with van der Waals surface area (Å²) in [5.41, 5.74) is 1.50. The fraction of sp³-hybridized carbons (Fsp3) is 0.467. The van der Waals surface area contributed by atoms with Crippen molar-refractivity contribution >= 4 is 17.9 Å². The van der Waals surface area contributed by atoms with Crippen LogP contribution < -0.4 is 4.90 Å². The second-order valence-corrected chi connectivity index (χ2v) is 5.69. The van der Waals surface area contributed by atoms with Crippen LogP contribution in [0.15, 0.2) is 18.7 Å². The Labute approximate surface area is 120 Å². The second kappa shape index (κ2) is 5.94. The van der Waals surface area contributed by atoms with E-state index in [0.29, 0.717) is 6.54 Å². The standard InChI is InChI=1S/C15H23N3O2/c1-7-10-18(15(3,4)5)14-12(8-9-13(19)20)11(2)16-17(14)6/h7-9H,1,10H2,2-6H3,(H,19,20)/b9-8+. The topological polar surface area (TPSA) is 58.4 Å². The third-order valence-corrected chi connectivity index (χ3v) is 3.01. The molecule has 1 rings (SSSR count). The molecule has 0 spiro atoms. The molecule has 1 aromatic rings. The summed E-state index contributed by atoms with van der Waals surface area (Å²) in [6, 6.07) is 0. The molecule has 0 fully saturated rings. The zero-order valence-corrected chi connectivity index (χ0v) is 12.8. The molecule has 0 saturated heterocycles. The molecular weight excluding hydrogens is 254 g/mol. The molecule has 0 aliphatic rings. The van der Waals surface area contributed by atoms with E-state index in [9.17, 15) is 4.79 Å². The molecule has 0 aliphatic heterocycles. The first-order valence-electron chi connectivity index (χ1n) is 6.51. The van der Waals surface area contributed by atoms with E-state index in [0.717, 1.165) is 23.2 Å². The zero-order valence-electron chi connectivity index (χ0n) is 12.8. The molecule has 1 N–H and O–H groups in total. The Morgan fingerprint density at radius 2 is 2.10 bits per heavy atom. The van der Waals surface area contributed by atoms with Crippen LogP contribution in [-0.2, 0) is 11.8 Å². The maximum Gasteiger partial charge on any atom is 0.328 e. The summed E-state index contributed by atoms with van der Waals surface area (Å²) in [5.74, 6) is -0.0716. The van der Waals surface area contributed by atoms with Crippen LogP contribution in [0.4, 0.5) is 5.82 Å². The van der Waals surface area contributed by atoms with Crippen molar-refractivity contribution in [2.75, 3.05) is 11.4 Å². The van der Waals surface area contributed by atoms with Crippen LogP contribution in [0.3, 0.4) is 0 Å². The van der Waals surface area contributed by atoms with Gasteiger partial charge >= 0.3 is 5.97 Å². The lowest BCUT2D eigenvalue weighted by molar-refractivity contribution is -0.131. The number of aromatic nitrogens is 2. The average Bonchev–Trinajstić information content (AvgIpc) is 2.56. The summed E-state index contributed by atoms with van der Waals surface area (Å²) in [4.78, 5) is 12.9. The monoisotopic (exact) mass is 277 g/mol. The number of aliphatic carboxylic acids is 1. The van der Waals surface area contributed by atoms with Gasteiger partial charge in [-0.2, -0.15) is 5.10 Å². The largest absolute Gasteiger partial charge is 0.478 e. The lowest BCUT2D eigenvalue weighted by Crippen LogP contribution is -2.43. The fourth-order valence-corrected chi connectivity index (χ4v) is 2.14. The quantitative estimate of drug-likeness (QED) is 0.664. The van der Waals surface area contributed by atoms with Crippen LogP contribution >= 0.6 is 0 Å². The SMILES string of the molecule is C=CCN(c1c(/C=C/C(=O)O)c(C)nn1C)C(C)(C)C. The maximum atomic E-state index is 10.8. The van der Waals surface area contributed by atoms with Crippen molar-refractivity contribution in [2.45, 2.75) is 33.2 Å². The number of anilines is 1. The number of nitrogens with zero attached hydrogens (tertiary/aromatic N) is 3. The van der Waals surface area contributed by atoms with Crippen molar-refractivity contribution in [2.24, 2.45) is 7.05 Å². The highest BCUT2D eigenvalue weighted by atomic mass is 16.4. The second-order valence-electron chi connectivity index (χ2n) is 5.69. The molecule has 0 saturated carbocycles. The highest BCUT2D eigenvalue weighted by Gasteiger charge is 2.26. The highest BCUT2D eigenvalue weighted by molar-refractivity contribution is 5.87. The van der Waals surface area contributed by atoms with Gasteiger partial charge in [0.1, 0.15) is 5.82 Å². The first-order chi connectivity index (χ1) is 9.18. The van der Waals surface area contributed by atoms with E-state index < -0.39 is 5.97 Å². The lowest BCUT2D eigenvalue weighted by Gasteiger charge is -2.37. The van der Waals surface area contributed by atoms with Crippen LogP contribution in [-0.4, -0.2) is 32.9 Å². The Morgan fingerprint density at radius 1 is 1.50 bits per heavy atom. The minimum absolute atomic E-state index is 0.125. The Bertz CT molecular complexity index is 536. The van der Waals surface area contributed by atoms with Gasteiger partial charge in [-0.05, 0) is 33.8 Å². The summed E-state index contributed by atoms with van der Waals surface area (Å²) >= 11 is 0. The molecule has 5 heteroatoms. The van der Waals surface area contributed by atoms with E-state index >= 15 is 0 Å². The predicted molar refractivity (Wildman–Crippen MR) is 81.9 cm³/mol. The van der Waals surface area contributed by atoms with Crippen LogP contribution in [0, 0.1) is 6.92 Å². The van der Waals surface area contributed by atoms with Gasteiger partial charge in [0.2, 0.25) is 0 Å². The molecule has 0 unspecified atom stereocenters. The van der Waals surface area contributed by atoms with Crippen molar-refractivity contribution in [1.29, 1.82) is 0 Å². The number of carboxylic acids is 1. The number of rotatable bonds is 5. The van der Waals surface area contributed by atoms with Crippen molar-refractivity contribution < 1.29 is 9.90 Å². The smallest absolute Gasteiger partial charge is 0.328 e. The van der Waals surface area contributed by atoms with E-state index in [1.165, 1.54) is 0 Å². The molecule has 20 heavy (non-hydrogen) atoms. The Kier molecular flexibility index (Phi) is 4.76. The highest BCUT2D eigenvalue weighted by Crippen LogP contribution is 2.30. The molecule has 110 valence electrons. The van der Waals surface area contributed by atoms with Gasteiger partial charge in [-0.3, -0.25) is 4.68 Å². The first-order valence-corrected chi connectivity index (χ1v) is 6.51. The molecule has 0 aliphatic carbocycles. The summed E-state index contributed by atoms with van der Waals surface area (Å²) in [6.45, 7) is 12.6. The number of hydrogen-bond donors (Lipinski definition) is 1. The predicted octanol–water partition coefficient (Wildman–Crippen LogP) is 2.62. The number of hydrogen-bond acceptors (Lipinski definition) is 3. The summed E-state index contributed by atoms with van der Waals surface area (Å²) in [5, 5.41) is 13.2. The minimum atomic E-state index is -0.967. The summed E-state index contributed by atoms with van der Waals surface area (Å²) in [6.07, 6.45) is 4.57. The summed E-state index contributed by atoms with van der Waals surface area (Å²) in [7, 11) is 1.86. The molecule has 1 heterocycles. The van der Waals surface area contributed by atoms with Crippen molar-refractivity contribution in [3.05, 3.63) is 30.0 Å². The molecular formula is C15H23N3O2. The average molecular weight is 277 g/mol. The van der Waals surface area contributed by atoms with Crippen LogP contribution in [0.25, 0.3) is 6.08 Å². The zero-order chi connectivity index (χ0) is 15.5. The van der Waals surface area contributed by atoms with E-state index in [1.807, 2.05) is 20.0 Å². The molecule has 0 bridgehead atoms. The van der Waals surface area contributed by atoms with Gasteiger partial charge in [-0.1, -0.05) is 6.08 Å². The first kappa shape index (κ1) is 16.0. The number of aryl methyl sites for hydroxylation is 2. The van der Waals surface area contributed by atoms with Gasteiger partial charge in [0, 0.05) is 30.8 Å². The van der Waals surface area contributed by atoms with Gasteiger partial charge in [0.15, 0.2) is 0 Å². The normalized spacial score (nSPS) is 11.8. The van der Waals surface area contributed by atoms with E-state index in [-0.39, 0.29) is 5.54 Å². The third kappa shape index (κ3) is 3.50. The Morgan fingerprint density at radius 3 is 2.55 bits per heavy atom. The van der Waals surface area contributed by atoms with E-state index in [4.69, 9.17) is 5.11 Å². The van der Waals surface area contributed by atoms with Crippen LogP contribution in [0.1, 0.15) is 32.0 Å². The van der Waals surface area contributed by atoms with E-state index in [2.05, 4.69) is 37.3 Å². The van der Waals surface area contributed by atoms with Crippen LogP contribution in [0.2, 0.25) is 0 Å². The molecule has 0 amide bonds. The third-order valence-electron chi connectivity index (χ3n) is 3.01. The van der Waals surface area contributed by atoms with Gasteiger partial charge < -0.3 is 10.0 Å². The Hall–Kier alpha value is -2.04. The van der Waals surface area contributed by atoms with Crippen LogP contribution in [0.5, 0.6) is 0 Å². The van der Waals surface area contributed by atoms with Gasteiger partial charge in [-0.25, -0.2) is 4.79 Å². The van der Waals surface area contributed by atoms with Gasteiger partial charge in [0.25, 0.3) is 0 Å². The summed E-state index contributed by atoms with van der Waals surface area (Å²) < 4.78 is 1.78. The lowest BCUT2D eigenvalue weighted by atomic mass is 10.0. The molecule has 0 radical (unpaired) electrons. The van der Waals surface area contributed by atoms with Crippen molar-refractivity contribution in [1.82, 2.24) is 9.78 Å². The Balaban J connectivity index is 3.41. The van der Waals surface area contributed by atoms with Crippen molar-refractivity contribution in [3.8, 4) is 0 Å². The molecule has 5 nitrogen and oxygen atoms in total. The number of carboxylic acid groups (broad SMARTS) is 1. The number of carbonyl (C=O) groups is 1. The fourth-order valence-electron chi connectivity index (χ4n) is 2.14. The molecule has 0 aromatic carbocycles. The minimum Gasteiger partial charge on any atom is -0.478 e. The van der Waals surface area contributed by atoms with Gasteiger partial charge in [-0.15, -0.1) is 6.58 Å². The maximum absolute atomic E-state index is 10.8. The molecule has 1 aromatic heterocycles. The van der Waals surface area contributed by atoms with Crippen molar-refractivity contribution in [3.63, 3.8) is 0 Å².